The SMILES string of the molecule is FC(F)(F)c1ccn(CC2(CS)CCCC2)n1. The van der Waals surface area contributed by atoms with Crippen molar-refractivity contribution in [3.8, 4) is 0 Å². The van der Waals surface area contributed by atoms with E-state index in [2.05, 4.69) is 17.7 Å². The lowest BCUT2D eigenvalue weighted by Gasteiger charge is -2.26. The van der Waals surface area contributed by atoms with E-state index in [0.29, 0.717) is 12.3 Å². The highest BCUT2D eigenvalue weighted by Gasteiger charge is 2.36. The minimum absolute atomic E-state index is 0.0258. The van der Waals surface area contributed by atoms with Crippen LogP contribution in [0.15, 0.2) is 12.3 Å². The molecular formula is C11H15F3N2S. The molecule has 6 heteroatoms. The Morgan fingerprint density at radius 3 is 2.47 bits per heavy atom. The molecule has 96 valence electrons. The third-order valence-electron chi connectivity index (χ3n) is 3.43. The van der Waals surface area contributed by atoms with Crippen molar-refractivity contribution in [3.63, 3.8) is 0 Å². The summed E-state index contributed by atoms with van der Waals surface area (Å²) >= 11 is 4.33. The van der Waals surface area contributed by atoms with E-state index in [1.807, 2.05) is 0 Å². The van der Waals surface area contributed by atoms with Gasteiger partial charge < -0.3 is 0 Å². The molecule has 0 unspecified atom stereocenters. The van der Waals surface area contributed by atoms with Gasteiger partial charge in [0, 0.05) is 12.7 Å². The van der Waals surface area contributed by atoms with Crippen LogP contribution in [0.25, 0.3) is 0 Å². The summed E-state index contributed by atoms with van der Waals surface area (Å²) in [4.78, 5) is 0. The third kappa shape index (κ3) is 2.78. The molecule has 0 bridgehead atoms. The number of thiol groups is 1. The minimum Gasteiger partial charge on any atom is -0.272 e. The van der Waals surface area contributed by atoms with Crippen molar-refractivity contribution in [2.24, 2.45) is 5.41 Å². The van der Waals surface area contributed by atoms with E-state index in [-0.39, 0.29) is 5.41 Å². The van der Waals surface area contributed by atoms with Gasteiger partial charge in [0.15, 0.2) is 5.69 Å². The second-order valence-corrected chi connectivity index (χ2v) is 5.08. The predicted molar refractivity (Wildman–Crippen MR) is 62.0 cm³/mol. The maximum absolute atomic E-state index is 12.4. The van der Waals surface area contributed by atoms with E-state index in [1.54, 1.807) is 0 Å². The predicted octanol–water partition coefficient (Wildman–Crippen LogP) is 3.39. The molecule has 0 amide bonds. The molecule has 1 saturated carbocycles. The summed E-state index contributed by atoms with van der Waals surface area (Å²) in [6.45, 7) is 0.534. The highest BCUT2D eigenvalue weighted by atomic mass is 32.1. The van der Waals surface area contributed by atoms with Crippen LogP contribution in [0, 0.1) is 5.41 Å². The molecule has 0 aromatic carbocycles. The maximum atomic E-state index is 12.4. The van der Waals surface area contributed by atoms with Crippen molar-refractivity contribution in [3.05, 3.63) is 18.0 Å². The van der Waals surface area contributed by atoms with Gasteiger partial charge >= 0.3 is 6.18 Å². The molecule has 0 spiro atoms. The first-order valence-corrected chi connectivity index (χ1v) is 6.30. The fourth-order valence-corrected chi connectivity index (χ4v) is 2.85. The molecular weight excluding hydrogens is 249 g/mol. The number of hydrogen-bond acceptors (Lipinski definition) is 2. The van der Waals surface area contributed by atoms with E-state index in [0.717, 1.165) is 31.7 Å². The van der Waals surface area contributed by atoms with E-state index >= 15 is 0 Å². The maximum Gasteiger partial charge on any atom is 0.435 e. The Hall–Kier alpha value is -0.650. The zero-order valence-electron chi connectivity index (χ0n) is 9.37. The number of aromatic nitrogens is 2. The smallest absolute Gasteiger partial charge is 0.272 e. The number of alkyl halides is 3. The second-order valence-electron chi connectivity index (χ2n) is 4.76. The second kappa shape index (κ2) is 4.55. The number of rotatable bonds is 3. The van der Waals surface area contributed by atoms with Gasteiger partial charge in [0.25, 0.3) is 0 Å². The van der Waals surface area contributed by atoms with E-state index in [9.17, 15) is 13.2 Å². The third-order valence-corrected chi connectivity index (χ3v) is 4.10. The summed E-state index contributed by atoms with van der Waals surface area (Å²) in [5, 5.41) is 3.60. The number of hydrogen-bond donors (Lipinski definition) is 1. The summed E-state index contributed by atoms with van der Waals surface area (Å²) in [5.41, 5.74) is -0.789. The molecule has 1 aromatic heterocycles. The number of halogens is 3. The van der Waals surface area contributed by atoms with Crippen molar-refractivity contribution < 1.29 is 13.2 Å². The quantitative estimate of drug-likeness (QED) is 0.828. The van der Waals surface area contributed by atoms with Crippen LogP contribution in [-0.4, -0.2) is 15.5 Å². The molecule has 1 aliphatic rings. The van der Waals surface area contributed by atoms with E-state index in [1.165, 1.54) is 10.9 Å². The first-order chi connectivity index (χ1) is 7.95. The van der Waals surface area contributed by atoms with Crippen molar-refractivity contribution >= 4 is 12.6 Å². The molecule has 2 nitrogen and oxygen atoms in total. The molecule has 0 aliphatic heterocycles. The average Bonchev–Trinajstić information content (AvgIpc) is 2.87. The van der Waals surface area contributed by atoms with Gasteiger partial charge in [-0.05, 0) is 30.1 Å². The van der Waals surface area contributed by atoms with Gasteiger partial charge in [-0.15, -0.1) is 0 Å². The highest BCUT2D eigenvalue weighted by Crippen LogP contribution is 2.40. The normalized spacial score (nSPS) is 19.8. The minimum atomic E-state index is -4.35. The molecule has 17 heavy (non-hydrogen) atoms. The summed E-state index contributed by atoms with van der Waals surface area (Å²) in [6, 6.07) is 1.03. The van der Waals surface area contributed by atoms with Crippen LogP contribution in [0.2, 0.25) is 0 Å². The van der Waals surface area contributed by atoms with Crippen LogP contribution in [0.3, 0.4) is 0 Å². The summed E-state index contributed by atoms with van der Waals surface area (Å²) in [7, 11) is 0. The van der Waals surface area contributed by atoms with Crippen LogP contribution in [0.4, 0.5) is 13.2 Å². The van der Waals surface area contributed by atoms with Crippen LogP contribution in [-0.2, 0) is 12.7 Å². The molecule has 0 N–H and O–H groups in total. The van der Waals surface area contributed by atoms with Gasteiger partial charge in [-0.2, -0.15) is 30.9 Å². The van der Waals surface area contributed by atoms with Gasteiger partial charge in [0.1, 0.15) is 0 Å². The largest absolute Gasteiger partial charge is 0.435 e. The Balaban J connectivity index is 2.11. The van der Waals surface area contributed by atoms with Crippen LogP contribution in [0.1, 0.15) is 31.4 Å². The Morgan fingerprint density at radius 2 is 2.00 bits per heavy atom. The first-order valence-electron chi connectivity index (χ1n) is 5.67. The fraction of sp³-hybridized carbons (Fsp3) is 0.727. The Bertz CT molecular complexity index is 380. The Labute approximate surface area is 104 Å². The molecule has 0 saturated heterocycles. The van der Waals surface area contributed by atoms with Gasteiger partial charge in [-0.1, -0.05) is 12.8 Å². The van der Waals surface area contributed by atoms with Gasteiger partial charge in [0.2, 0.25) is 0 Å². The van der Waals surface area contributed by atoms with Gasteiger partial charge in [-0.3, -0.25) is 4.68 Å². The van der Waals surface area contributed by atoms with Crippen LogP contribution >= 0.6 is 12.6 Å². The lowest BCUT2D eigenvalue weighted by molar-refractivity contribution is -0.141. The van der Waals surface area contributed by atoms with E-state index in [4.69, 9.17) is 0 Å². The summed E-state index contributed by atoms with van der Waals surface area (Å²) < 4.78 is 38.6. The monoisotopic (exact) mass is 264 g/mol. The zero-order valence-corrected chi connectivity index (χ0v) is 10.3. The Kier molecular flexibility index (Phi) is 3.43. The van der Waals surface area contributed by atoms with Crippen molar-refractivity contribution in [2.75, 3.05) is 5.75 Å². The first kappa shape index (κ1) is 12.8. The van der Waals surface area contributed by atoms with Crippen molar-refractivity contribution in [1.82, 2.24) is 9.78 Å². The van der Waals surface area contributed by atoms with Crippen LogP contribution in [0.5, 0.6) is 0 Å². The van der Waals surface area contributed by atoms with Crippen molar-refractivity contribution in [2.45, 2.75) is 38.4 Å². The lowest BCUT2D eigenvalue weighted by atomic mass is 9.88. The Morgan fingerprint density at radius 1 is 1.35 bits per heavy atom. The van der Waals surface area contributed by atoms with Gasteiger partial charge in [-0.25, -0.2) is 0 Å². The zero-order chi connectivity index (χ0) is 12.5. The molecule has 2 rings (SSSR count). The fourth-order valence-electron chi connectivity index (χ4n) is 2.44. The van der Waals surface area contributed by atoms with Crippen LogP contribution < -0.4 is 0 Å². The molecule has 1 fully saturated rings. The topological polar surface area (TPSA) is 17.8 Å². The van der Waals surface area contributed by atoms with E-state index < -0.39 is 11.9 Å². The molecule has 0 atom stereocenters. The standard InChI is InChI=1S/C11H15F3N2S/c12-11(13,14)9-3-6-16(15-9)7-10(8-17)4-1-2-5-10/h3,6,17H,1-2,4-5,7-8H2. The number of nitrogens with zero attached hydrogens (tertiary/aromatic N) is 2. The lowest BCUT2D eigenvalue weighted by Crippen LogP contribution is -2.26. The highest BCUT2D eigenvalue weighted by molar-refractivity contribution is 7.80. The average molecular weight is 264 g/mol. The molecule has 1 heterocycles. The molecule has 0 radical (unpaired) electrons. The van der Waals surface area contributed by atoms with Crippen molar-refractivity contribution in [1.29, 1.82) is 0 Å². The summed E-state index contributed by atoms with van der Waals surface area (Å²) in [5.74, 6) is 0.703. The molecule has 1 aromatic rings. The molecule has 1 aliphatic carbocycles. The van der Waals surface area contributed by atoms with Gasteiger partial charge in [0.05, 0.1) is 0 Å². The summed E-state index contributed by atoms with van der Waals surface area (Å²) in [6.07, 6.45) is 1.37.